The molecule has 138 valence electrons. The van der Waals surface area contributed by atoms with Crippen molar-refractivity contribution in [1.82, 2.24) is 19.8 Å². The van der Waals surface area contributed by atoms with Gasteiger partial charge in [0.2, 0.25) is 0 Å². The van der Waals surface area contributed by atoms with Crippen molar-refractivity contribution in [3.63, 3.8) is 0 Å². The highest BCUT2D eigenvalue weighted by atomic mass is 35.5. The van der Waals surface area contributed by atoms with E-state index in [1.54, 1.807) is 34.2 Å². The number of aromatic nitrogens is 2. The molecule has 0 saturated carbocycles. The van der Waals surface area contributed by atoms with Crippen molar-refractivity contribution in [1.29, 1.82) is 0 Å². The van der Waals surface area contributed by atoms with Crippen molar-refractivity contribution in [3.05, 3.63) is 52.8 Å². The molecule has 1 aliphatic heterocycles. The van der Waals surface area contributed by atoms with E-state index in [0.29, 0.717) is 47.5 Å². The van der Waals surface area contributed by atoms with Crippen molar-refractivity contribution < 1.29 is 14.3 Å². The number of nitrogens with zero attached hydrogens (tertiary/aromatic N) is 4. The summed E-state index contributed by atoms with van der Waals surface area (Å²) in [7, 11) is 0. The Balaban J connectivity index is 1.39. The van der Waals surface area contributed by atoms with Gasteiger partial charge >= 0.3 is 6.09 Å². The van der Waals surface area contributed by atoms with E-state index in [9.17, 15) is 9.59 Å². The van der Waals surface area contributed by atoms with Crippen LogP contribution < -0.4 is 4.74 Å². The molecule has 1 saturated heterocycles. The van der Waals surface area contributed by atoms with Crippen LogP contribution in [0.1, 0.15) is 9.80 Å². The fourth-order valence-corrected chi connectivity index (χ4v) is 4.04. The number of carbonyl (C=O) groups excluding carboxylic acids is 2. The highest BCUT2D eigenvalue weighted by molar-refractivity contribution is 7.20. The largest absolute Gasteiger partial charge is 0.415 e. The first-order valence-corrected chi connectivity index (χ1v) is 9.52. The van der Waals surface area contributed by atoms with Crippen LogP contribution in [0.2, 0.25) is 5.02 Å². The van der Waals surface area contributed by atoms with Crippen LogP contribution in [0.5, 0.6) is 5.75 Å². The van der Waals surface area contributed by atoms with Crippen molar-refractivity contribution >= 4 is 45.2 Å². The molecular weight excluding hydrogens is 388 g/mol. The van der Waals surface area contributed by atoms with Gasteiger partial charge in [0.15, 0.2) is 10.8 Å². The number of para-hydroxylation sites is 1. The van der Waals surface area contributed by atoms with Crippen molar-refractivity contribution in [2.45, 2.75) is 0 Å². The molecule has 0 atom stereocenters. The van der Waals surface area contributed by atoms with Gasteiger partial charge < -0.3 is 14.5 Å². The Morgan fingerprint density at radius 3 is 2.56 bits per heavy atom. The Kier molecular flexibility index (Phi) is 4.91. The van der Waals surface area contributed by atoms with Gasteiger partial charge in [-0.2, -0.15) is 0 Å². The molecule has 2 aromatic heterocycles. The van der Waals surface area contributed by atoms with E-state index in [2.05, 4.69) is 9.97 Å². The Morgan fingerprint density at radius 1 is 1.07 bits per heavy atom. The summed E-state index contributed by atoms with van der Waals surface area (Å²) >= 11 is 7.46. The van der Waals surface area contributed by atoms with Crippen LogP contribution in [0.15, 0.2) is 42.7 Å². The van der Waals surface area contributed by atoms with Gasteiger partial charge in [-0.25, -0.2) is 9.78 Å². The van der Waals surface area contributed by atoms with Crippen LogP contribution in [-0.2, 0) is 0 Å². The second kappa shape index (κ2) is 7.50. The molecule has 1 aliphatic rings. The third-order valence-electron chi connectivity index (χ3n) is 4.22. The van der Waals surface area contributed by atoms with Gasteiger partial charge in [0.05, 0.1) is 15.9 Å². The lowest BCUT2D eigenvalue weighted by Crippen LogP contribution is -2.51. The summed E-state index contributed by atoms with van der Waals surface area (Å²) in [6.07, 6.45) is 2.65. The van der Waals surface area contributed by atoms with Gasteiger partial charge in [-0.3, -0.25) is 9.78 Å². The van der Waals surface area contributed by atoms with Gasteiger partial charge in [-0.05, 0) is 24.3 Å². The molecule has 0 unspecified atom stereocenters. The van der Waals surface area contributed by atoms with Gasteiger partial charge in [-0.1, -0.05) is 17.7 Å². The molecule has 0 spiro atoms. The molecule has 0 aliphatic carbocycles. The molecule has 2 amide bonds. The number of carbonyl (C=O) groups is 2. The number of fused-ring (bicyclic) bond motifs is 1. The lowest BCUT2D eigenvalue weighted by atomic mass is 10.3. The average molecular weight is 403 g/mol. The quantitative estimate of drug-likeness (QED) is 0.657. The van der Waals surface area contributed by atoms with E-state index >= 15 is 0 Å². The minimum Gasteiger partial charge on any atom is -0.409 e. The molecule has 3 aromatic rings. The van der Waals surface area contributed by atoms with Crippen LogP contribution >= 0.6 is 22.9 Å². The summed E-state index contributed by atoms with van der Waals surface area (Å²) < 4.78 is 6.16. The summed E-state index contributed by atoms with van der Waals surface area (Å²) in [6, 6.07) is 8.85. The first-order valence-electron chi connectivity index (χ1n) is 8.33. The van der Waals surface area contributed by atoms with E-state index in [-0.39, 0.29) is 5.91 Å². The first kappa shape index (κ1) is 17.7. The maximum Gasteiger partial charge on any atom is 0.415 e. The van der Waals surface area contributed by atoms with Crippen molar-refractivity contribution in [2.24, 2.45) is 0 Å². The summed E-state index contributed by atoms with van der Waals surface area (Å²) in [5.41, 5.74) is 0.645. The standard InChI is InChI=1S/C18H15ClN4O3S/c19-13-4-1-5-14-15(13)21-16(27-14)17(24)22-7-9-23(10-8-22)18(25)26-12-3-2-6-20-11-12/h1-6,11H,7-10H2. The van der Waals surface area contributed by atoms with E-state index in [1.807, 2.05) is 12.1 Å². The van der Waals surface area contributed by atoms with E-state index in [0.717, 1.165) is 4.70 Å². The zero-order valence-electron chi connectivity index (χ0n) is 14.2. The number of hydrogen-bond acceptors (Lipinski definition) is 6. The first-order chi connectivity index (χ1) is 13.1. The second-order valence-electron chi connectivity index (χ2n) is 5.94. The van der Waals surface area contributed by atoms with Crippen molar-refractivity contribution in [2.75, 3.05) is 26.2 Å². The molecule has 1 aromatic carbocycles. The molecule has 0 bridgehead atoms. The van der Waals surface area contributed by atoms with Crippen molar-refractivity contribution in [3.8, 4) is 5.75 Å². The SMILES string of the molecule is O=C(Oc1cccnc1)N1CCN(C(=O)c2nc3c(Cl)cccc3s2)CC1. The number of halogens is 1. The number of ether oxygens (including phenoxy) is 1. The molecule has 7 nitrogen and oxygen atoms in total. The number of pyridine rings is 1. The van der Waals surface area contributed by atoms with Crippen LogP contribution in [0, 0.1) is 0 Å². The number of rotatable bonds is 2. The van der Waals surface area contributed by atoms with Crippen LogP contribution in [-0.4, -0.2) is 57.9 Å². The Morgan fingerprint density at radius 2 is 1.85 bits per heavy atom. The van der Waals surface area contributed by atoms with E-state index < -0.39 is 6.09 Å². The molecule has 0 radical (unpaired) electrons. The normalized spacial score (nSPS) is 14.4. The summed E-state index contributed by atoms with van der Waals surface area (Å²) in [6.45, 7) is 1.64. The molecule has 0 N–H and O–H groups in total. The summed E-state index contributed by atoms with van der Waals surface area (Å²) in [5, 5.41) is 0.940. The number of hydrogen-bond donors (Lipinski definition) is 0. The Bertz CT molecular complexity index is 987. The fourth-order valence-electron chi connectivity index (χ4n) is 2.81. The smallest absolute Gasteiger partial charge is 0.409 e. The summed E-state index contributed by atoms with van der Waals surface area (Å²) in [4.78, 5) is 36.5. The maximum absolute atomic E-state index is 12.7. The van der Waals surface area contributed by atoms with Crippen LogP contribution in [0.25, 0.3) is 10.2 Å². The van der Waals surface area contributed by atoms with Gasteiger partial charge in [-0.15, -0.1) is 11.3 Å². The zero-order valence-corrected chi connectivity index (χ0v) is 15.7. The second-order valence-corrected chi connectivity index (χ2v) is 7.38. The van der Waals surface area contributed by atoms with Gasteiger partial charge in [0, 0.05) is 32.4 Å². The zero-order chi connectivity index (χ0) is 18.8. The number of piperazine rings is 1. The third kappa shape index (κ3) is 3.72. The number of benzene rings is 1. The molecule has 9 heteroatoms. The van der Waals surface area contributed by atoms with Gasteiger partial charge in [0.25, 0.3) is 5.91 Å². The topological polar surface area (TPSA) is 75.6 Å². The predicted octanol–water partition coefficient (Wildman–Crippen LogP) is 3.30. The minimum absolute atomic E-state index is 0.146. The molecule has 4 rings (SSSR count). The highest BCUT2D eigenvalue weighted by Crippen LogP contribution is 2.28. The van der Waals surface area contributed by atoms with Gasteiger partial charge in [0.1, 0.15) is 5.52 Å². The third-order valence-corrected chi connectivity index (χ3v) is 5.53. The monoisotopic (exact) mass is 402 g/mol. The van der Waals surface area contributed by atoms with E-state index in [4.69, 9.17) is 16.3 Å². The average Bonchev–Trinajstić information content (AvgIpc) is 3.14. The molecule has 1 fully saturated rings. The minimum atomic E-state index is -0.443. The predicted molar refractivity (Wildman–Crippen MR) is 102 cm³/mol. The van der Waals surface area contributed by atoms with E-state index in [1.165, 1.54) is 17.5 Å². The lowest BCUT2D eigenvalue weighted by molar-refractivity contribution is 0.0633. The van der Waals surface area contributed by atoms with Crippen LogP contribution in [0.3, 0.4) is 0 Å². The Hall–Kier alpha value is -2.71. The number of thiazole rings is 1. The fraction of sp³-hybridized carbons (Fsp3) is 0.222. The Labute approximate surface area is 164 Å². The highest BCUT2D eigenvalue weighted by Gasteiger charge is 2.27. The maximum atomic E-state index is 12.7. The summed E-state index contributed by atoms with van der Waals surface area (Å²) in [5.74, 6) is 0.250. The molecule has 27 heavy (non-hydrogen) atoms. The molecular formula is C18H15ClN4O3S. The number of amides is 2. The van der Waals surface area contributed by atoms with Crippen LogP contribution in [0.4, 0.5) is 4.79 Å². The molecule has 3 heterocycles. The lowest BCUT2D eigenvalue weighted by Gasteiger charge is -2.33.